The van der Waals surface area contributed by atoms with Crippen LogP contribution < -0.4 is 16.6 Å². The highest BCUT2D eigenvalue weighted by atomic mass is 16.6. The number of rotatable bonds is 7. The maximum absolute atomic E-state index is 13.7. The lowest BCUT2D eigenvalue weighted by molar-refractivity contribution is -0.249. The zero-order valence-electron chi connectivity index (χ0n) is 21.3. The molecule has 0 radical (unpaired) electrons. The number of carbonyl (C=O) groups excluding carboxylic acids is 1. The number of H-pyrrole nitrogens is 2. The fraction of sp³-hybridized carbons (Fsp3) is 0.414. The van der Waals surface area contributed by atoms with E-state index in [1.165, 1.54) is 19.0 Å². The summed E-state index contributed by atoms with van der Waals surface area (Å²) in [6.45, 7) is 3.11. The molecule has 2 aromatic carbocycles. The third kappa shape index (κ3) is 3.76. The highest BCUT2D eigenvalue weighted by Crippen LogP contribution is 2.52. The molecule has 1 aromatic heterocycles. The van der Waals surface area contributed by atoms with Gasteiger partial charge in [-0.25, -0.2) is 9.69 Å². The van der Waals surface area contributed by atoms with Crippen LogP contribution in [-0.4, -0.2) is 50.8 Å². The smallest absolute Gasteiger partial charge is 0.325 e. The van der Waals surface area contributed by atoms with E-state index in [-0.39, 0.29) is 30.1 Å². The summed E-state index contributed by atoms with van der Waals surface area (Å²) in [6, 6.07) is 16.4. The molecule has 38 heavy (non-hydrogen) atoms. The number of ether oxygens (including phenoxy) is 1. The van der Waals surface area contributed by atoms with E-state index in [0.717, 1.165) is 35.1 Å². The summed E-state index contributed by atoms with van der Waals surface area (Å²) in [6.07, 6.45) is 5.02. The number of aryl methyl sites for hydroxylation is 1. The molecule has 3 aromatic rings. The molecule has 1 saturated carbocycles. The number of hydrogen-bond acceptors (Lipinski definition) is 6. The van der Waals surface area contributed by atoms with E-state index in [0.29, 0.717) is 24.6 Å². The van der Waals surface area contributed by atoms with E-state index in [9.17, 15) is 14.4 Å². The van der Waals surface area contributed by atoms with Gasteiger partial charge in [0.1, 0.15) is 6.23 Å². The number of aromatic nitrogens is 2. The molecular formula is C29H31N5O4. The van der Waals surface area contributed by atoms with Gasteiger partial charge in [-0.05, 0) is 60.8 Å². The van der Waals surface area contributed by atoms with Crippen molar-refractivity contribution in [3.8, 4) is 11.1 Å². The van der Waals surface area contributed by atoms with E-state index in [1.54, 1.807) is 0 Å². The van der Waals surface area contributed by atoms with Gasteiger partial charge in [-0.2, -0.15) is 0 Å². The molecule has 3 N–H and O–H groups in total. The predicted octanol–water partition coefficient (Wildman–Crippen LogP) is 2.24. The van der Waals surface area contributed by atoms with Gasteiger partial charge in [-0.3, -0.25) is 19.9 Å². The average molecular weight is 514 g/mol. The summed E-state index contributed by atoms with van der Waals surface area (Å²) < 4.78 is 6.17. The summed E-state index contributed by atoms with van der Waals surface area (Å²) in [4.78, 5) is 46.5. The molecule has 4 atom stereocenters. The van der Waals surface area contributed by atoms with Crippen LogP contribution in [0.15, 0.2) is 64.3 Å². The molecule has 3 unspecified atom stereocenters. The Morgan fingerprint density at radius 2 is 2.00 bits per heavy atom. The number of nitrogens with zero attached hydrogens (tertiary/aromatic N) is 2. The molecule has 3 saturated heterocycles. The van der Waals surface area contributed by atoms with Crippen LogP contribution >= 0.6 is 0 Å². The first-order valence-corrected chi connectivity index (χ1v) is 13.4. The number of carbonyl (C=O) groups is 1. The highest BCUT2D eigenvalue weighted by molar-refractivity contribution is 5.79. The van der Waals surface area contributed by atoms with E-state index in [4.69, 9.17) is 4.74 Å². The minimum absolute atomic E-state index is 0.135. The van der Waals surface area contributed by atoms with Crippen molar-refractivity contribution in [2.24, 2.45) is 5.92 Å². The van der Waals surface area contributed by atoms with Crippen molar-refractivity contribution in [3.05, 3.63) is 92.3 Å². The first kappa shape index (κ1) is 23.6. The number of aromatic amines is 2. The Morgan fingerprint density at radius 3 is 2.76 bits per heavy atom. The maximum Gasteiger partial charge on any atom is 0.325 e. The van der Waals surface area contributed by atoms with Crippen LogP contribution in [0, 0.1) is 5.92 Å². The van der Waals surface area contributed by atoms with Crippen molar-refractivity contribution in [1.29, 1.82) is 0 Å². The maximum atomic E-state index is 13.7. The van der Waals surface area contributed by atoms with Gasteiger partial charge in [0.05, 0.1) is 17.6 Å². The summed E-state index contributed by atoms with van der Waals surface area (Å²) in [5.74, 6) is 0.721. The minimum Gasteiger partial charge on any atom is -0.334 e. The number of benzene rings is 2. The Balaban J connectivity index is 1.11. The Morgan fingerprint density at radius 1 is 1.18 bits per heavy atom. The fourth-order valence-electron chi connectivity index (χ4n) is 6.53. The molecule has 9 heteroatoms. The van der Waals surface area contributed by atoms with Gasteiger partial charge in [0.2, 0.25) is 5.91 Å². The Labute approximate surface area is 219 Å². The van der Waals surface area contributed by atoms with Crippen molar-refractivity contribution in [2.75, 3.05) is 6.54 Å². The molecule has 3 aliphatic heterocycles. The average Bonchev–Trinajstić information content (AvgIpc) is 3.52. The van der Waals surface area contributed by atoms with Crippen LogP contribution in [0.5, 0.6) is 0 Å². The molecule has 1 amide bonds. The number of amides is 1. The highest BCUT2D eigenvalue weighted by Gasteiger charge is 2.64. The largest absolute Gasteiger partial charge is 0.334 e. The van der Waals surface area contributed by atoms with Gasteiger partial charge >= 0.3 is 5.69 Å². The fourth-order valence-corrected chi connectivity index (χ4v) is 6.53. The standard InChI is InChI=1S/C29H31N5O4/c1-17(19-7-8-19)33(15-18-5-3-2-4-6-18)24(35)16-34-26-29(32-28(34)38-26)12-11-21-13-20(9-10-23(21)29)22-14-30-27(37)31-25(22)36/h2-6,9-10,13-14,17,19,26,28,32H,7-8,11-12,15-16H2,1H3,(H2,30,31,36,37)/t17-,26?,28?,29?/m0/s1. The first-order chi connectivity index (χ1) is 18.4. The first-order valence-electron chi connectivity index (χ1n) is 13.4. The molecule has 4 heterocycles. The van der Waals surface area contributed by atoms with Crippen LogP contribution in [0.2, 0.25) is 0 Å². The zero-order chi connectivity index (χ0) is 26.0. The van der Waals surface area contributed by atoms with Crippen LogP contribution in [0.1, 0.15) is 42.9 Å². The van der Waals surface area contributed by atoms with Crippen molar-refractivity contribution in [2.45, 2.75) is 63.3 Å². The third-order valence-electron chi connectivity index (χ3n) is 8.80. The molecule has 1 spiro atoms. The Hall–Kier alpha value is -3.53. The summed E-state index contributed by atoms with van der Waals surface area (Å²) in [7, 11) is 0. The quantitative estimate of drug-likeness (QED) is 0.447. The second-order valence-corrected chi connectivity index (χ2v) is 11.1. The molecular weight excluding hydrogens is 482 g/mol. The van der Waals surface area contributed by atoms with Crippen molar-refractivity contribution < 1.29 is 9.53 Å². The van der Waals surface area contributed by atoms with Gasteiger partial charge in [0, 0.05) is 18.8 Å². The lowest BCUT2D eigenvalue weighted by Gasteiger charge is -2.42. The number of hydrogen-bond donors (Lipinski definition) is 3. The van der Waals surface area contributed by atoms with Gasteiger partial charge in [-0.15, -0.1) is 0 Å². The lowest BCUT2D eigenvalue weighted by Crippen LogP contribution is -2.59. The van der Waals surface area contributed by atoms with Gasteiger partial charge < -0.3 is 14.6 Å². The van der Waals surface area contributed by atoms with Crippen molar-refractivity contribution in [1.82, 2.24) is 25.1 Å². The minimum atomic E-state index is -0.519. The zero-order valence-corrected chi connectivity index (χ0v) is 21.3. The van der Waals surface area contributed by atoms with Gasteiger partial charge in [0.25, 0.3) is 5.56 Å². The molecule has 9 nitrogen and oxygen atoms in total. The molecule has 8 rings (SSSR count). The monoisotopic (exact) mass is 513 g/mol. The molecule has 196 valence electrons. The van der Waals surface area contributed by atoms with Crippen LogP contribution in [0.3, 0.4) is 0 Å². The van der Waals surface area contributed by atoms with E-state index in [2.05, 4.69) is 45.3 Å². The molecule has 2 bridgehead atoms. The topological polar surface area (TPSA) is 111 Å². The number of nitrogens with one attached hydrogen (secondary N) is 3. The van der Waals surface area contributed by atoms with E-state index >= 15 is 0 Å². The van der Waals surface area contributed by atoms with Crippen molar-refractivity contribution >= 4 is 5.91 Å². The third-order valence-corrected chi connectivity index (χ3v) is 8.80. The van der Waals surface area contributed by atoms with Crippen LogP contribution in [0.25, 0.3) is 11.1 Å². The Kier molecular flexibility index (Phi) is 5.43. The summed E-state index contributed by atoms with van der Waals surface area (Å²) in [5, 5.41) is 3.66. The normalized spacial score (nSPS) is 26.2. The summed E-state index contributed by atoms with van der Waals surface area (Å²) in [5.41, 5.74) is 3.35. The van der Waals surface area contributed by atoms with Gasteiger partial charge in [-0.1, -0.05) is 48.5 Å². The van der Waals surface area contributed by atoms with E-state index < -0.39 is 11.2 Å². The van der Waals surface area contributed by atoms with Crippen molar-refractivity contribution in [3.63, 3.8) is 0 Å². The SMILES string of the molecule is C[C@@H](C1CC1)N(Cc1ccccc1)C(=O)CN1C2NC3(CCc4cc(-c5c[nH]c(=O)[nH]c5=O)ccc43)C1O2. The van der Waals surface area contributed by atoms with Gasteiger partial charge in [0.15, 0.2) is 6.35 Å². The second kappa shape index (κ2) is 8.76. The lowest BCUT2D eigenvalue weighted by atomic mass is 9.90. The molecule has 2 aliphatic carbocycles. The second-order valence-electron chi connectivity index (χ2n) is 11.1. The Bertz CT molecular complexity index is 1510. The van der Waals surface area contributed by atoms with Crippen LogP contribution in [0.4, 0.5) is 0 Å². The summed E-state index contributed by atoms with van der Waals surface area (Å²) >= 11 is 0. The number of fused-ring (bicyclic) bond motifs is 1. The predicted molar refractivity (Wildman–Crippen MR) is 141 cm³/mol. The van der Waals surface area contributed by atoms with E-state index in [1.807, 2.05) is 35.2 Å². The molecule has 5 aliphatic rings. The van der Waals surface area contributed by atoms with Crippen LogP contribution in [-0.2, 0) is 28.0 Å². The molecule has 4 fully saturated rings.